The molecule has 1 aliphatic heterocycles. The Morgan fingerprint density at radius 1 is 1.41 bits per heavy atom. The lowest BCUT2D eigenvalue weighted by atomic mass is 10.1. The molecule has 1 aliphatic rings. The molecule has 0 amide bonds. The lowest BCUT2D eigenvalue weighted by Crippen LogP contribution is -2.23. The van der Waals surface area contributed by atoms with E-state index in [1.54, 1.807) is 0 Å². The summed E-state index contributed by atoms with van der Waals surface area (Å²) in [5, 5.41) is 0. The van der Waals surface area contributed by atoms with Gasteiger partial charge in [-0.3, -0.25) is 0 Å². The van der Waals surface area contributed by atoms with E-state index in [9.17, 15) is 13.2 Å². The second-order valence-electron chi connectivity index (χ2n) is 3.70. The number of aliphatic imine (C=N–C) groups is 1. The molecule has 0 saturated heterocycles. The third-order valence-electron chi connectivity index (χ3n) is 2.42. The topological polar surface area (TPSA) is 47.6 Å². The number of hydrogen-bond donors (Lipinski definition) is 1. The van der Waals surface area contributed by atoms with Crippen LogP contribution in [-0.4, -0.2) is 25.1 Å². The van der Waals surface area contributed by atoms with Crippen LogP contribution in [0, 0.1) is 0 Å². The first-order valence-electron chi connectivity index (χ1n) is 5.09. The number of nitrogens with zero attached hydrogens (tertiary/aromatic N) is 1. The van der Waals surface area contributed by atoms with Gasteiger partial charge in [0, 0.05) is 12.1 Å². The first kappa shape index (κ1) is 11.9. The van der Waals surface area contributed by atoms with Crippen molar-refractivity contribution in [3.63, 3.8) is 0 Å². The second kappa shape index (κ2) is 4.37. The van der Waals surface area contributed by atoms with Crippen molar-refractivity contribution in [1.29, 1.82) is 0 Å². The molecule has 17 heavy (non-hydrogen) atoms. The Morgan fingerprint density at radius 3 is 2.76 bits per heavy atom. The van der Waals surface area contributed by atoms with E-state index < -0.39 is 11.7 Å². The number of alkyl halides is 3. The number of benzene rings is 1. The maximum absolute atomic E-state index is 12.5. The molecule has 92 valence electrons. The molecule has 0 radical (unpaired) electrons. The van der Waals surface area contributed by atoms with Crippen LogP contribution < -0.4 is 5.73 Å². The van der Waals surface area contributed by atoms with Gasteiger partial charge in [0.15, 0.2) is 0 Å². The highest BCUT2D eigenvalue weighted by molar-refractivity contribution is 5.95. The van der Waals surface area contributed by atoms with Gasteiger partial charge in [0.1, 0.15) is 6.10 Å². The van der Waals surface area contributed by atoms with Crippen molar-refractivity contribution >= 4 is 5.90 Å². The normalized spacial score (nSPS) is 20.0. The van der Waals surface area contributed by atoms with Crippen molar-refractivity contribution in [3.05, 3.63) is 35.4 Å². The molecular weight excluding hydrogens is 233 g/mol. The number of ether oxygens (including phenoxy) is 1. The Balaban J connectivity index is 2.23. The molecule has 3 nitrogen and oxygen atoms in total. The minimum atomic E-state index is -4.36. The zero-order valence-electron chi connectivity index (χ0n) is 8.87. The van der Waals surface area contributed by atoms with Crippen LogP contribution in [0.1, 0.15) is 11.1 Å². The van der Waals surface area contributed by atoms with E-state index in [1.807, 2.05) is 0 Å². The summed E-state index contributed by atoms with van der Waals surface area (Å²) >= 11 is 0. The van der Waals surface area contributed by atoms with Gasteiger partial charge < -0.3 is 10.5 Å². The number of rotatable bonds is 2. The fraction of sp³-hybridized carbons (Fsp3) is 0.364. The van der Waals surface area contributed by atoms with Crippen molar-refractivity contribution in [2.75, 3.05) is 13.1 Å². The number of halogens is 3. The maximum atomic E-state index is 12.5. The van der Waals surface area contributed by atoms with Gasteiger partial charge in [-0.2, -0.15) is 13.2 Å². The third-order valence-corrected chi connectivity index (χ3v) is 2.42. The van der Waals surface area contributed by atoms with E-state index in [-0.39, 0.29) is 12.0 Å². The second-order valence-corrected chi connectivity index (χ2v) is 3.70. The van der Waals surface area contributed by atoms with Gasteiger partial charge in [-0.25, -0.2) is 4.99 Å². The lowest BCUT2D eigenvalue weighted by Gasteiger charge is -2.10. The summed E-state index contributed by atoms with van der Waals surface area (Å²) in [5.74, 6) is 0.228. The highest BCUT2D eigenvalue weighted by atomic mass is 19.4. The molecule has 1 heterocycles. The van der Waals surface area contributed by atoms with E-state index in [2.05, 4.69) is 4.99 Å². The Labute approximate surface area is 96.1 Å². The van der Waals surface area contributed by atoms with Crippen molar-refractivity contribution < 1.29 is 17.9 Å². The van der Waals surface area contributed by atoms with E-state index in [1.165, 1.54) is 12.1 Å². The fourth-order valence-corrected chi connectivity index (χ4v) is 1.53. The molecule has 0 saturated carbocycles. The Hall–Kier alpha value is -1.56. The Kier molecular flexibility index (Phi) is 3.06. The van der Waals surface area contributed by atoms with E-state index in [0.717, 1.165) is 12.1 Å². The summed E-state index contributed by atoms with van der Waals surface area (Å²) in [6.45, 7) is 0.689. The molecule has 1 aromatic carbocycles. The summed E-state index contributed by atoms with van der Waals surface area (Å²) in [6.07, 6.45) is -4.60. The minimum Gasteiger partial charge on any atom is -0.471 e. The minimum absolute atomic E-state index is 0.228. The summed E-state index contributed by atoms with van der Waals surface area (Å²) in [7, 11) is 0. The average Bonchev–Trinajstić information content (AvgIpc) is 2.76. The van der Waals surface area contributed by atoms with Crippen LogP contribution in [-0.2, 0) is 10.9 Å². The standard InChI is InChI=1S/C11H11F3N2O/c12-11(13,14)8-3-1-2-7(4-8)10-16-6-9(5-15)17-10/h1-4,9H,5-6,15H2. The average molecular weight is 244 g/mol. The van der Waals surface area contributed by atoms with Crippen LogP contribution in [0.3, 0.4) is 0 Å². The van der Waals surface area contributed by atoms with Gasteiger partial charge in [-0.15, -0.1) is 0 Å². The summed E-state index contributed by atoms with van der Waals surface area (Å²) < 4.78 is 42.8. The van der Waals surface area contributed by atoms with E-state index >= 15 is 0 Å². The van der Waals surface area contributed by atoms with Crippen molar-refractivity contribution in [2.45, 2.75) is 12.3 Å². The Bertz CT molecular complexity index is 443. The molecule has 1 atom stereocenters. The third kappa shape index (κ3) is 2.58. The Morgan fingerprint density at radius 2 is 2.18 bits per heavy atom. The molecule has 6 heteroatoms. The molecule has 0 spiro atoms. The van der Waals surface area contributed by atoms with Gasteiger partial charge in [-0.05, 0) is 18.2 Å². The largest absolute Gasteiger partial charge is 0.471 e. The van der Waals surface area contributed by atoms with Crippen molar-refractivity contribution in [1.82, 2.24) is 0 Å². The van der Waals surface area contributed by atoms with Gasteiger partial charge in [0.25, 0.3) is 0 Å². The van der Waals surface area contributed by atoms with Crippen molar-refractivity contribution in [2.24, 2.45) is 10.7 Å². The maximum Gasteiger partial charge on any atom is 0.416 e. The molecule has 1 unspecified atom stereocenters. The predicted octanol–water partition coefficient (Wildman–Crippen LogP) is 1.81. The molecular formula is C11H11F3N2O. The zero-order valence-corrected chi connectivity index (χ0v) is 8.87. The van der Waals surface area contributed by atoms with Gasteiger partial charge in [0.2, 0.25) is 5.90 Å². The van der Waals surface area contributed by atoms with Crippen LogP contribution >= 0.6 is 0 Å². The molecule has 1 aromatic rings. The highest BCUT2D eigenvalue weighted by Crippen LogP contribution is 2.30. The predicted molar refractivity (Wildman–Crippen MR) is 56.8 cm³/mol. The molecule has 0 aliphatic carbocycles. The van der Waals surface area contributed by atoms with E-state index in [4.69, 9.17) is 10.5 Å². The number of nitrogens with two attached hydrogens (primary N) is 1. The summed E-state index contributed by atoms with van der Waals surface area (Å²) in [6, 6.07) is 4.91. The monoisotopic (exact) mass is 244 g/mol. The van der Waals surface area contributed by atoms with Crippen molar-refractivity contribution in [3.8, 4) is 0 Å². The van der Waals surface area contributed by atoms with Crippen LogP contribution in [0.4, 0.5) is 13.2 Å². The van der Waals surface area contributed by atoms with Gasteiger partial charge >= 0.3 is 6.18 Å². The molecule has 0 fully saturated rings. The molecule has 0 bridgehead atoms. The van der Waals surface area contributed by atoms with Crippen LogP contribution in [0.5, 0.6) is 0 Å². The fourth-order valence-electron chi connectivity index (χ4n) is 1.53. The quantitative estimate of drug-likeness (QED) is 0.862. The molecule has 0 aromatic heterocycles. The van der Waals surface area contributed by atoms with Gasteiger partial charge in [0.05, 0.1) is 12.1 Å². The summed E-state index contributed by atoms with van der Waals surface area (Å²) in [5.41, 5.74) is 5.01. The highest BCUT2D eigenvalue weighted by Gasteiger charge is 2.31. The first-order valence-corrected chi connectivity index (χ1v) is 5.09. The summed E-state index contributed by atoms with van der Waals surface area (Å²) in [4.78, 5) is 4.03. The smallest absolute Gasteiger partial charge is 0.416 e. The SMILES string of the molecule is NCC1CN=C(c2cccc(C(F)(F)F)c2)O1. The van der Waals surface area contributed by atoms with Crippen LogP contribution in [0.25, 0.3) is 0 Å². The van der Waals surface area contributed by atoms with E-state index in [0.29, 0.717) is 18.7 Å². The molecule has 2 rings (SSSR count). The zero-order chi connectivity index (χ0) is 12.5. The molecule has 2 N–H and O–H groups in total. The van der Waals surface area contributed by atoms with Gasteiger partial charge in [-0.1, -0.05) is 6.07 Å². The van der Waals surface area contributed by atoms with Crippen LogP contribution in [0.15, 0.2) is 29.3 Å². The van der Waals surface area contributed by atoms with Crippen LogP contribution in [0.2, 0.25) is 0 Å². The number of hydrogen-bond acceptors (Lipinski definition) is 3. The first-order chi connectivity index (χ1) is 8.00. The lowest BCUT2D eigenvalue weighted by molar-refractivity contribution is -0.137.